The molecule has 8 heteroatoms. The van der Waals surface area contributed by atoms with Crippen molar-refractivity contribution in [3.63, 3.8) is 0 Å². The van der Waals surface area contributed by atoms with E-state index in [0.29, 0.717) is 31.1 Å². The minimum absolute atomic E-state index is 0.0743. The number of hydrogen-bond donors (Lipinski definition) is 0. The predicted octanol–water partition coefficient (Wildman–Crippen LogP) is 5.58. The number of halogens is 4. The number of ether oxygens (including phenoxy) is 1. The highest BCUT2D eigenvalue weighted by Gasteiger charge is 2.33. The molecule has 1 heterocycles. The van der Waals surface area contributed by atoms with Crippen molar-refractivity contribution in [2.75, 3.05) is 31.1 Å². The second kappa shape index (κ2) is 9.45. The van der Waals surface area contributed by atoms with Gasteiger partial charge in [0, 0.05) is 30.3 Å². The second-order valence-electron chi connectivity index (χ2n) is 6.63. The minimum Gasteiger partial charge on any atom is -0.445 e. The molecule has 1 atom stereocenters. The maximum atomic E-state index is 12.6. The van der Waals surface area contributed by atoms with Gasteiger partial charge in [0.1, 0.15) is 6.61 Å². The summed E-state index contributed by atoms with van der Waals surface area (Å²) in [5.74, 6) is 0. The summed E-state index contributed by atoms with van der Waals surface area (Å²) < 4.78 is 3.60. The number of rotatable bonds is 4. The maximum Gasteiger partial charge on any atom is 0.410 e. The van der Waals surface area contributed by atoms with E-state index in [1.165, 1.54) is 0 Å². The normalized spacial score (nSPS) is 17.5. The summed E-state index contributed by atoms with van der Waals surface area (Å²) in [5.41, 5.74) is 2.21. The van der Waals surface area contributed by atoms with Crippen molar-refractivity contribution in [2.45, 2.75) is 16.3 Å². The quantitative estimate of drug-likeness (QED) is 0.557. The topological polar surface area (TPSA) is 32.8 Å². The van der Waals surface area contributed by atoms with Crippen LogP contribution >= 0.6 is 46.4 Å². The number of hydrogen-bond acceptors (Lipinski definition) is 3. The predicted molar refractivity (Wildman–Crippen MR) is 116 cm³/mol. The summed E-state index contributed by atoms with van der Waals surface area (Å²) in [5, 5.41) is 0.693. The summed E-state index contributed by atoms with van der Waals surface area (Å²) in [7, 11) is 0. The van der Waals surface area contributed by atoms with E-state index < -0.39 is 9.89 Å². The van der Waals surface area contributed by atoms with Crippen molar-refractivity contribution in [2.24, 2.45) is 0 Å². The van der Waals surface area contributed by atoms with Crippen molar-refractivity contribution in [3.8, 4) is 0 Å². The largest absolute Gasteiger partial charge is 0.445 e. The van der Waals surface area contributed by atoms with Crippen LogP contribution in [0.1, 0.15) is 5.56 Å². The van der Waals surface area contributed by atoms with Crippen molar-refractivity contribution in [3.05, 3.63) is 65.2 Å². The fourth-order valence-electron chi connectivity index (χ4n) is 3.27. The van der Waals surface area contributed by atoms with Gasteiger partial charge in [0.05, 0.1) is 6.04 Å². The molecule has 150 valence electrons. The van der Waals surface area contributed by atoms with E-state index in [2.05, 4.69) is 4.90 Å². The average Bonchev–Trinajstić information content (AvgIpc) is 2.67. The molecule has 0 aromatic heterocycles. The SMILES string of the molecule is O=C(OCC(Cl)(Cl)Cl)N1CCN(c2ccc(Cl)cc2)CC1Cc1ccccc1. The first-order valence-electron chi connectivity index (χ1n) is 8.86. The van der Waals surface area contributed by atoms with Gasteiger partial charge < -0.3 is 14.5 Å². The Balaban J connectivity index is 1.75. The minimum atomic E-state index is -1.63. The molecular formula is C20H20Cl4N2O2. The molecule has 2 aromatic rings. The lowest BCUT2D eigenvalue weighted by atomic mass is 10.0. The molecule has 0 bridgehead atoms. The molecule has 1 amide bonds. The molecule has 0 aliphatic carbocycles. The number of alkyl halides is 3. The Labute approximate surface area is 184 Å². The lowest BCUT2D eigenvalue weighted by Gasteiger charge is -2.42. The highest BCUT2D eigenvalue weighted by atomic mass is 35.6. The molecule has 3 rings (SSSR count). The summed E-state index contributed by atoms with van der Waals surface area (Å²) >= 11 is 23.1. The lowest BCUT2D eigenvalue weighted by molar-refractivity contribution is 0.0828. The van der Waals surface area contributed by atoms with Crippen molar-refractivity contribution in [1.29, 1.82) is 0 Å². The third-order valence-electron chi connectivity index (χ3n) is 4.58. The molecule has 1 unspecified atom stereocenters. The van der Waals surface area contributed by atoms with Crippen LogP contribution in [0.3, 0.4) is 0 Å². The first-order valence-corrected chi connectivity index (χ1v) is 10.4. The van der Waals surface area contributed by atoms with Gasteiger partial charge in [-0.3, -0.25) is 0 Å². The van der Waals surface area contributed by atoms with Crippen LogP contribution in [0.15, 0.2) is 54.6 Å². The van der Waals surface area contributed by atoms with Gasteiger partial charge in [-0.25, -0.2) is 4.79 Å². The maximum absolute atomic E-state index is 12.6. The number of piperazine rings is 1. The van der Waals surface area contributed by atoms with Gasteiger partial charge >= 0.3 is 6.09 Å². The monoisotopic (exact) mass is 460 g/mol. The van der Waals surface area contributed by atoms with E-state index in [-0.39, 0.29) is 12.6 Å². The zero-order valence-electron chi connectivity index (χ0n) is 15.0. The third kappa shape index (κ3) is 6.08. The van der Waals surface area contributed by atoms with E-state index in [4.69, 9.17) is 51.1 Å². The Bertz CT molecular complexity index is 781. The molecule has 0 spiro atoms. The molecule has 28 heavy (non-hydrogen) atoms. The van der Waals surface area contributed by atoms with Gasteiger partial charge in [0.2, 0.25) is 3.79 Å². The highest BCUT2D eigenvalue weighted by molar-refractivity contribution is 6.67. The van der Waals surface area contributed by atoms with E-state index in [9.17, 15) is 4.79 Å². The van der Waals surface area contributed by atoms with Crippen LogP contribution in [-0.4, -0.2) is 47.1 Å². The van der Waals surface area contributed by atoms with Gasteiger partial charge in [-0.2, -0.15) is 0 Å². The van der Waals surface area contributed by atoms with Gasteiger partial charge in [-0.1, -0.05) is 76.7 Å². The van der Waals surface area contributed by atoms with Crippen molar-refractivity contribution >= 4 is 58.2 Å². The Morgan fingerprint density at radius 3 is 2.36 bits per heavy atom. The van der Waals surface area contributed by atoms with Crippen molar-refractivity contribution in [1.82, 2.24) is 4.90 Å². The fourth-order valence-corrected chi connectivity index (χ4v) is 3.56. The number of amides is 1. The lowest BCUT2D eigenvalue weighted by Crippen LogP contribution is -2.56. The zero-order valence-corrected chi connectivity index (χ0v) is 18.1. The number of carbonyl (C=O) groups excluding carboxylic acids is 1. The summed E-state index contributed by atoms with van der Waals surface area (Å²) in [6.45, 7) is 1.57. The van der Waals surface area contributed by atoms with Crippen LogP contribution in [0.5, 0.6) is 0 Å². The van der Waals surface area contributed by atoms with E-state index in [0.717, 1.165) is 11.3 Å². The molecule has 1 fully saturated rings. The van der Waals surface area contributed by atoms with E-state index in [1.54, 1.807) is 4.90 Å². The molecule has 4 nitrogen and oxygen atoms in total. The number of benzene rings is 2. The van der Waals surface area contributed by atoms with E-state index in [1.807, 2.05) is 54.6 Å². The number of nitrogens with zero attached hydrogens (tertiary/aromatic N) is 2. The Kier molecular flexibility index (Phi) is 7.21. The zero-order chi connectivity index (χ0) is 20.1. The standard InChI is InChI=1S/C20H20Cl4N2O2/c21-16-6-8-17(9-7-16)25-10-11-26(19(27)28-14-20(22,23)24)18(13-25)12-15-4-2-1-3-5-15/h1-9,18H,10-14H2. The first-order chi connectivity index (χ1) is 13.3. The number of carbonyl (C=O) groups is 1. The van der Waals surface area contributed by atoms with Crippen LogP contribution < -0.4 is 4.90 Å². The molecule has 2 aromatic carbocycles. The number of anilines is 1. The van der Waals surface area contributed by atoms with Crippen LogP contribution in [0.2, 0.25) is 5.02 Å². The van der Waals surface area contributed by atoms with Crippen LogP contribution in [-0.2, 0) is 11.2 Å². The van der Waals surface area contributed by atoms with E-state index >= 15 is 0 Å². The molecule has 1 aliphatic rings. The third-order valence-corrected chi connectivity index (χ3v) is 5.16. The van der Waals surface area contributed by atoms with Gasteiger partial charge in [0.15, 0.2) is 0 Å². The summed E-state index contributed by atoms with van der Waals surface area (Å²) in [6, 6.07) is 17.7. The molecule has 0 saturated carbocycles. The van der Waals surface area contributed by atoms with Crippen LogP contribution in [0.25, 0.3) is 0 Å². The Morgan fingerprint density at radius 2 is 1.71 bits per heavy atom. The van der Waals surface area contributed by atoms with Gasteiger partial charge in [-0.15, -0.1) is 0 Å². The molecule has 0 radical (unpaired) electrons. The molecular weight excluding hydrogens is 442 g/mol. The highest BCUT2D eigenvalue weighted by Crippen LogP contribution is 2.27. The smallest absolute Gasteiger partial charge is 0.410 e. The Hall–Kier alpha value is -1.33. The molecule has 1 saturated heterocycles. The van der Waals surface area contributed by atoms with Crippen LogP contribution in [0, 0.1) is 0 Å². The van der Waals surface area contributed by atoms with Crippen LogP contribution in [0.4, 0.5) is 10.5 Å². The molecule has 1 aliphatic heterocycles. The van der Waals surface area contributed by atoms with Crippen molar-refractivity contribution < 1.29 is 9.53 Å². The molecule has 0 N–H and O–H groups in total. The van der Waals surface area contributed by atoms with Gasteiger partial charge in [0.25, 0.3) is 0 Å². The summed E-state index contributed by atoms with van der Waals surface area (Å²) in [6.07, 6.45) is 0.233. The average molecular weight is 462 g/mol. The first kappa shape index (κ1) is 21.4. The Morgan fingerprint density at radius 1 is 1.04 bits per heavy atom. The van der Waals surface area contributed by atoms with Gasteiger partial charge in [-0.05, 0) is 36.2 Å². The summed E-state index contributed by atoms with van der Waals surface area (Å²) in [4.78, 5) is 16.6. The fraction of sp³-hybridized carbons (Fsp3) is 0.350. The second-order valence-corrected chi connectivity index (χ2v) is 9.58.